The number of aryl methyl sites for hydroxylation is 2. The van der Waals surface area contributed by atoms with Gasteiger partial charge in [-0.3, -0.25) is 4.79 Å². The number of rotatable bonds is 3. The van der Waals surface area contributed by atoms with Gasteiger partial charge in [-0.1, -0.05) is 29.8 Å². The van der Waals surface area contributed by atoms with Gasteiger partial charge in [0.25, 0.3) is 5.91 Å². The number of piperidine rings is 1. The molecule has 1 aliphatic rings. The summed E-state index contributed by atoms with van der Waals surface area (Å²) in [5, 5.41) is 4.14. The summed E-state index contributed by atoms with van der Waals surface area (Å²) in [4.78, 5) is 14.5. The minimum Gasteiger partial charge on any atom is -0.382 e. The molecule has 0 atom stereocenters. The Bertz CT molecular complexity index is 716. The van der Waals surface area contributed by atoms with Gasteiger partial charge in [0.05, 0.1) is 10.6 Å². The Morgan fingerprint density at radius 1 is 1.08 bits per heavy atom. The summed E-state index contributed by atoms with van der Waals surface area (Å²) in [6, 6.07) is 14.2. The molecule has 0 aromatic heterocycles. The highest BCUT2D eigenvalue weighted by atomic mass is 35.5. The predicted molar refractivity (Wildman–Crippen MR) is 99.9 cm³/mol. The van der Waals surface area contributed by atoms with Crippen LogP contribution in [0.5, 0.6) is 0 Å². The number of benzene rings is 2. The van der Waals surface area contributed by atoms with E-state index >= 15 is 0 Å². The van der Waals surface area contributed by atoms with E-state index in [4.69, 9.17) is 11.6 Å². The minimum absolute atomic E-state index is 0.0328. The van der Waals surface area contributed by atoms with E-state index in [1.54, 1.807) is 12.1 Å². The van der Waals surface area contributed by atoms with Crippen molar-refractivity contribution in [2.75, 3.05) is 18.4 Å². The smallest absolute Gasteiger partial charge is 0.255 e. The number of amides is 1. The zero-order valence-corrected chi connectivity index (χ0v) is 14.9. The van der Waals surface area contributed by atoms with Crippen LogP contribution < -0.4 is 5.32 Å². The molecular formula is C20H23ClN2O. The first-order valence-electron chi connectivity index (χ1n) is 8.41. The summed E-state index contributed by atoms with van der Waals surface area (Å²) in [6.07, 6.45) is 1.90. The summed E-state index contributed by atoms with van der Waals surface area (Å²) >= 11 is 6.14. The van der Waals surface area contributed by atoms with E-state index in [1.165, 1.54) is 16.8 Å². The first kappa shape index (κ1) is 16.8. The maximum Gasteiger partial charge on any atom is 0.255 e. The first-order valence-corrected chi connectivity index (χ1v) is 8.79. The van der Waals surface area contributed by atoms with Crippen molar-refractivity contribution in [3.8, 4) is 0 Å². The Morgan fingerprint density at radius 2 is 1.71 bits per heavy atom. The molecule has 1 heterocycles. The van der Waals surface area contributed by atoms with Gasteiger partial charge < -0.3 is 10.2 Å². The van der Waals surface area contributed by atoms with Crippen LogP contribution in [0.25, 0.3) is 0 Å². The largest absolute Gasteiger partial charge is 0.382 e. The third kappa shape index (κ3) is 3.90. The Labute approximate surface area is 148 Å². The van der Waals surface area contributed by atoms with Crippen molar-refractivity contribution in [3.05, 3.63) is 64.2 Å². The highest BCUT2D eigenvalue weighted by Crippen LogP contribution is 2.22. The van der Waals surface area contributed by atoms with Crippen molar-refractivity contribution in [1.82, 2.24) is 4.90 Å². The van der Waals surface area contributed by atoms with Crippen LogP contribution in [0.1, 0.15) is 34.3 Å². The summed E-state index contributed by atoms with van der Waals surface area (Å²) in [6.45, 7) is 5.74. The normalized spacial score (nSPS) is 15.4. The second kappa shape index (κ2) is 7.27. The van der Waals surface area contributed by atoms with Gasteiger partial charge in [0.2, 0.25) is 0 Å². The molecule has 24 heavy (non-hydrogen) atoms. The van der Waals surface area contributed by atoms with Crippen molar-refractivity contribution in [2.24, 2.45) is 0 Å². The Hall–Kier alpha value is -2.00. The number of carbonyl (C=O) groups excluding carboxylic acids is 1. The van der Waals surface area contributed by atoms with Crippen LogP contribution in [-0.2, 0) is 0 Å². The van der Waals surface area contributed by atoms with E-state index in [0.717, 1.165) is 25.9 Å². The van der Waals surface area contributed by atoms with Gasteiger partial charge in [-0.15, -0.1) is 0 Å². The molecule has 1 saturated heterocycles. The predicted octanol–water partition coefficient (Wildman–Crippen LogP) is 4.67. The Balaban J connectivity index is 1.59. The van der Waals surface area contributed by atoms with E-state index in [-0.39, 0.29) is 5.91 Å². The van der Waals surface area contributed by atoms with Crippen molar-refractivity contribution in [1.29, 1.82) is 0 Å². The van der Waals surface area contributed by atoms with Gasteiger partial charge in [-0.2, -0.15) is 0 Å². The second-order valence-corrected chi connectivity index (χ2v) is 6.97. The van der Waals surface area contributed by atoms with Gasteiger partial charge in [0.15, 0.2) is 0 Å². The van der Waals surface area contributed by atoms with E-state index in [1.807, 2.05) is 17.0 Å². The molecule has 0 aliphatic carbocycles. The molecule has 1 N–H and O–H groups in total. The minimum atomic E-state index is 0.0328. The lowest BCUT2D eigenvalue weighted by Crippen LogP contribution is -2.42. The molecule has 1 fully saturated rings. The van der Waals surface area contributed by atoms with Crippen LogP contribution in [0.4, 0.5) is 5.69 Å². The topological polar surface area (TPSA) is 32.3 Å². The van der Waals surface area contributed by atoms with Crippen LogP contribution in [0.3, 0.4) is 0 Å². The SMILES string of the molecule is Cc1cc(C)cc(NC2CCN(C(=O)c3ccccc3Cl)CC2)c1. The third-order valence-corrected chi connectivity index (χ3v) is 4.81. The van der Waals surface area contributed by atoms with Gasteiger partial charge in [-0.05, 0) is 62.1 Å². The van der Waals surface area contributed by atoms with E-state index in [9.17, 15) is 4.79 Å². The van der Waals surface area contributed by atoms with Gasteiger partial charge in [-0.25, -0.2) is 0 Å². The van der Waals surface area contributed by atoms with Gasteiger partial charge in [0, 0.05) is 24.8 Å². The maximum atomic E-state index is 12.6. The average Bonchev–Trinajstić information content (AvgIpc) is 2.54. The average molecular weight is 343 g/mol. The number of nitrogens with one attached hydrogen (secondary N) is 1. The van der Waals surface area contributed by atoms with Crippen LogP contribution in [-0.4, -0.2) is 29.9 Å². The fraction of sp³-hybridized carbons (Fsp3) is 0.350. The van der Waals surface area contributed by atoms with Crippen LogP contribution in [0.2, 0.25) is 5.02 Å². The zero-order valence-electron chi connectivity index (χ0n) is 14.2. The number of halogens is 1. The summed E-state index contributed by atoms with van der Waals surface area (Å²) in [7, 11) is 0. The number of hydrogen-bond acceptors (Lipinski definition) is 2. The van der Waals surface area contributed by atoms with Crippen LogP contribution in [0.15, 0.2) is 42.5 Å². The number of nitrogens with zero attached hydrogens (tertiary/aromatic N) is 1. The summed E-state index contributed by atoms with van der Waals surface area (Å²) in [5.74, 6) is 0.0328. The second-order valence-electron chi connectivity index (χ2n) is 6.57. The van der Waals surface area contributed by atoms with Crippen LogP contribution >= 0.6 is 11.6 Å². The van der Waals surface area contributed by atoms with E-state index in [0.29, 0.717) is 16.6 Å². The molecule has 0 spiro atoms. The molecule has 2 aromatic rings. The van der Waals surface area contributed by atoms with E-state index in [2.05, 4.69) is 37.4 Å². The number of carbonyl (C=O) groups is 1. The van der Waals surface area contributed by atoms with Gasteiger partial charge in [0.1, 0.15) is 0 Å². The molecule has 0 unspecified atom stereocenters. The molecular weight excluding hydrogens is 320 g/mol. The van der Waals surface area contributed by atoms with Gasteiger partial charge >= 0.3 is 0 Å². The highest BCUT2D eigenvalue weighted by Gasteiger charge is 2.24. The fourth-order valence-corrected chi connectivity index (χ4v) is 3.54. The summed E-state index contributed by atoms with van der Waals surface area (Å²) in [5.41, 5.74) is 4.30. The number of anilines is 1. The maximum absolute atomic E-state index is 12.6. The Morgan fingerprint density at radius 3 is 2.33 bits per heavy atom. The molecule has 3 nitrogen and oxygen atoms in total. The molecule has 0 bridgehead atoms. The van der Waals surface area contributed by atoms with E-state index < -0.39 is 0 Å². The third-order valence-electron chi connectivity index (χ3n) is 4.48. The lowest BCUT2D eigenvalue weighted by Gasteiger charge is -2.33. The monoisotopic (exact) mass is 342 g/mol. The zero-order chi connectivity index (χ0) is 17.1. The van der Waals surface area contributed by atoms with Crippen molar-refractivity contribution >= 4 is 23.2 Å². The standard InChI is InChI=1S/C20H23ClN2O/c1-14-11-15(2)13-17(12-14)22-16-7-9-23(10-8-16)20(24)18-5-3-4-6-19(18)21/h3-6,11-13,16,22H,7-10H2,1-2H3. The number of likely N-dealkylation sites (tertiary alicyclic amines) is 1. The Kier molecular flexibility index (Phi) is 5.10. The van der Waals surface area contributed by atoms with Crippen molar-refractivity contribution in [3.63, 3.8) is 0 Å². The highest BCUT2D eigenvalue weighted by molar-refractivity contribution is 6.33. The van der Waals surface area contributed by atoms with Crippen molar-refractivity contribution in [2.45, 2.75) is 32.7 Å². The molecule has 1 amide bonds. The molecule has 1 aliphatic heterocycles. The van der Waals surface area contributed by atoms with Crippen LogP contribution in [0, 0.1) is 13.8 Å². The number of hydrogen-bond donors (Lipinski definition) is 1. The molecule has 0 saturated carbocycles. The van der Waals surface area contributed by atoms with Crippen molar-refractivity contribution < 1.29 is 4.79 Å². The lowest BCUT2D eigenvalue weighted by molar-refractivity contribution is 0.0718. The molecule has 126 valence electrons. The molecule has 2 aromatic carbocycles. The summed E-state index contributed by atoms with van der Waals surface area (Å²) < 4.78 is 0. The molecule has 0 radical (unpaired) electrons. The first-order chi connectivity index (χ1) is 11.5. The lowest BCUT2D eigenvalue weighted by atomic mass is 10.0. The quantitative estimate of drug-likeness (QED) is 0.878. The molecule has 3 rings (SSSR count). The molecule has 4 heteroatoms. The fourth-order valence-electron chi connectivity index (χ4n) is 3.33.